The standard InChI is InChI=1S/C20H23NO5/c1-11(2)19(23)21-16-8-6-15(7-9-16)17(22)10-25-20(24)18-12(3)13(4)26-14(18)5/h6-9,11H,10H2,1-5H3,(H,21,23). The third kappa shape index (κ3) is 4.39. The van der Waals surface area contributed by atoms with Crippen LogP contribution in [0.15, 0.2) is 28.7 Å². The number of carbonyl (C=O) groups is 3. The van der Waals surface area contributed by atoms with Crippen LogP contribution < -0.4 is 5.32 Å². The van der Waals surface area contributed by atoms with Crippen LogP contribution >= 0.6 is 0 Å². The van der Waals surface area contributed by atoms with Crippen LogP contribution in [0.1, 0.15) is 51.6 Å². The average molecular weight is 357 g/mol. The highest BCUT2D eigenvalue weighted by molar-refractivity contribution is 6.00. The lowest BCUT2D eigenvalue weighted by Gasteiger charge is -2.08. The van der Waals surface area contributed by atoms with Gasteiger partial charge in [0.1, 0.15) is 17.1 Å². The Morgan fingerprint density at radius 3 is 2.15 bits per heavy atom. The number of esters is 1. The maximum absolute atomic E-state index is 12.2. The van der Waals surface area contributed by atoms with Crippen molar-refractivity contribution in [1.29, 1.82) is 0 Å². The number of Topliss-reactive ketones (excluding diaryl/α,β-unsaturated/α-hetero) is 1. The van der Waals surface area contributed by atoms with E-state index in [-0.39, 0.29) is 24.2 Å². The summed E-state index contributed by atoms with van der Waals surface area (Å²) in [5.41, 5.74) is 2.08. The van der Waals surface area contributed by atoms with Crippen molar-refractivity contribution in [2.75, 3.05) is 11.9 Å². The summed E-state index contributed by atoms with van der Waals surface area (Å²) in [4.78, 5) is 36.1. The molecule has 0 aliphatic carbocycles. The Labute approximate surface area is 152 Å². The number of aryl methyl sites for hydroxylation is 2. The number of ketones is 1. The van der Waals surface area contributed by atoms with E-state index in [1.54, 1.807) is 58.9 Å². The molecule has 1 aromatic carbocycles. The van der Waals surface area contributed by atoms with Crippen molar-refractivity contribution in [2.24, 2.45) is 5.92 Å². The fourth-order valence-corrected chi connectivity index (χ4v) is 2.41. The molecule has 0 aliphatic rings. The maximum Gasteiger partial charge on any atom is 0.342 e. The number of nitrogens with one attached hydrogen (secondary N) is 1. The van der Waals surface area contributed by atoms with E-state index in [0.717, 1.165) is 0 Å². The predicted octanol–water partition coefficient (Wildman–Crippen LogP) is 3.84. The van der Waals surface area contributed by atoms with E-state index in [1.807, 2.05) is 0 Å². The first-order chi connectivity index (χ1) is 12.2. The molecule has 0 fully saturated rings. The smallest absolute Gasteiger partial charge is 0.342 e. The van der Waals surface area contributed by atoms with Gasteiger partial charge in [0.05, 0.1) is 0 Å². The molecule has 0 atom stereocenters. The minimum atomic E-state index is -0.578. The van der Waals surface area contributed by atoms with Gasteiger partial charge in [0.2, 0.25) is 5.91 Å². The monoisotopic (exact) mass is 357 g/mol. The second-order valence-electron chi connectivity index (χ2n) is 6.44. The van der Waals surface area contributed by atoms with Crippen molar-refractivity contribution in [3.63, 3.8) is 0 Å². The van der Waals surface area contributed by atoms with Gasteiger partial charge in [0.15, 0.2) is 12.4 Å². The molecule has 138 valence electrons. The molecule has 1 amide bonds. The number of carbonyl (C=O) groups excluding carboxylic acids is 3. The quantitative estimate of drug-likeness (QED) is 0.627. The Morgan fingerprint density at radius 1 is 1.04 bits per heavy atom. The zero-order valence-corrected chi connectivity index (χ0v) is 15.6. The largest absolute Gasteiger partial charge is 0.465 e. The van der Waals surface area contributed by atoms with Crippen LogP contribution in [0.4, 0.5) is 5.69 Å². The third-order valence-corrected chi connectivity index (χ3v) is 4.10. The molecule has 0 radical (unpaired) electrons. The Hall–Kier alpha value is -2.89. The zero-order chi connectivity index (χ0) is 19.4. The van der Waals surface area contributed by atoms with Crippen LogP contribution in [0.2, 0.25) is 0 Å². The molecule has 2 aromatic rings. The number of rotatable bonds is 6. The Morgan fingerprint density at radius 2 is 1.65 bits per heavy atom. The number of amides is 1. The normalized spacial score (nSPS) is 10.7. The van der Waals surface area contributed by atoms with Crippen LogP contribution in [-0.4, -0.2) is 24.3 Å². The second kappa shape index (κ2) is 7.99. The van der Waals surface area contributed by atoms with Crippen molar-refractivity contribution in [2.45, 2.75) is 34.6 Å². The van der Waals surface area contributed by atoms with Gasteiger partial charge in [0, 0.05) is 22.7 Å². The summed E-state index contributed by atoms with van der Waals surface area (Å²) in [6.45, 7) is 8.46. The van der Waals surface area contributed by atoms with E-state index in [1.165, 1.54) is 0 Å². The van der Waals surface area contributed by atoms with Gasteiger partial charge in [-0.3, -0.25) is 9.59 Å². The first kappa shape index (κ1) is 19.4. The molecule has 0 bridgehead atoms. The second-order valence-corrected chi connectivity index (χ2v) is 6.44. The minimum absolute atomic E-state index is 0.0980. The topological polar surface area (TPSA) is 85.6 Å². The summed E-state index contributed by atoms with van der Waals surface area (Å²) >= 11 is 0. The lowest BCUT2D eigenvalue weighted by Crippen LogP contribution is -2.18. The highest BCUT2D eigenvalue weighted by atomic mass is 16.5. The number of benzene rings is 1. The summed E-state index contributed by atoms with van der Waals surface area (Å²) in [7, 11) is 0. The Kier molecular flexibility index (Phi) is 5.97. The highest BCUT2D eigenvalue weighted by Crippen LogP contribution is 2.21. The van der Waals surface area contributed by atoms with Crippen molar-refractivity contribution in [1.82, 2.24) is 0 Å². The van der Waals surface area contributed by atoms with Crippen LogP contribution in [-0.2, 0) is 9.53 Å². The van der Waals surface area contributed by atoms with Crippen LogP contribution in [0.3, 0.4) is 0 Å². The SMILES string of the molecule is Cc1oc(C)c(C(=O)OCC(=O)c2ccc(NC(=O)C(C)C)cc2)c1C. The van der Waals surface area contributed by atoms with Gasteiger partial charge in [-0.15, -0.1) is 0 Å². The summed E-state index contributed by atoms with van der Waals surface area (Å²) in [6.07, 6.45) is 0. The van der Waals surface area contributed by atoms with Gasteiger partial charge in [-0.25, -0.2) is 4.79 Å². The van der Waals surface area contributed by atoms with E-state index in [2.05, 4.69) is 5.32 Å². The molecule has 2 rings (SSSR count). The van der Waals surface area contributed by atoms with Crippen LogP contribution in [0.5, 0.6) is 0 Å². The van der Waals surface area contributed by atoms with Crippen LogP contribution in [0.25, 0.3) is 0 Å². The van der Waals surface area contributed by atoms with E-state index in [0.29, 0.717) is 33.9 Å². The molecule has 0 aliphatic heterocycles. The lowest BCUT2D eigenvalue weighted by molar-refractivity contribution is -0.118. The maximum atomic E-state index is 12.2. The molecular formula is C20H23NO5. The summed E-state index contributed by atoms with van der Waals surface area (Å²) in [5.74, 6) is -0.00234. The van der Waals surface area contributed by atoms with Crippen molar-refractivity contribution < 1.29 is 23.5 Å². The van der Waals surface area contributed by atoms with Crippen molar-refractivity contribution in [3.05, 3.63) is 52.5 Å². The molecular weight excluding hydrogens is 334 g/mol. The Bertz CT molecular complexity index is 831. The van der Waals surface area contributed by atoms with Gasteiger partial charge in [-0.05, 0) is 45.0 Å². The van der Waals surface area contributed by atoms with Gasteiger partial charge < -0.3 is 14.5 Å². The number of anilines is 1. The van der Waals surface area contributed by atoms with Crippen LogP contribution in [0, 0.1) is 26.7 Å². The molecule has 1 aromatic heterocycles. The number of hydrogen-bond donors (Lipinski definition) is 1. The molecule has 6 nitrogen and oxygen atoms in total. The third-order valence-electron chi connectivity index (χ3n) is 4.10. The molecule has 6 heteroatoms. The minimum Gasteiger partial charge on any atom is -0.465 e. The molecule has 1 N–H and O–H groups in total. The first-order valence-electron chi connectivity index (χ1n) is 8.38. The molecule has 0 unspecified atom stereocenters. The van der Waals surface area contributed by atoms with Gasteiger partial charge >= 0.3 is 5.97 Å². The predicted molar refractivity (Wildman–Crippen MR) is 97.4 cm³/mol. The fraction of sp³-hybridized carbons (Fsp3) is 0.350. The first-order valence-corrected chi connectivity index (χ1v) is 8.38. The summed E-state index contributed by atoms with van der Waals surface area (Å²) in [5, 5.41) is 2.75. The van der Waals surface area contributed by atoms with Crippen molar-refractivity contribution >= 4 is 23.3 Å². The average Bonchev–Trinajstić information content (AvgIpc) is 2.85. The molecule has 0 spiro atoms. The van der Waals surface area contributed by atoms with E-state index in [9.17, 15) is 14.4 Å². The van der Waals surface area contributed by atoms with Gasteiger partial charge in [-0.2, -0.15) is 0 Å². The van der Waals surface area contributed by atoms with Crippen molar-refractivity contribution in [3.8, 4) is 0 Å². The molecule has 1 heterocycles. The molecule has 0 saturated heterocycles. The summed E-state index contributed by atoms with van der Waals surface area (Å²) in [6, 6.07) is 6.46. The van der Waals surface area contributed by atoms with Gasteiger partial charge in [-0.1, -0.05) is 13.8 Å². The number of hydrogen-bond acceptors (Lipinski definition) is 5. The zero-order valence-electron chi connectivity index (χ0n) is 15.6. The number of furan rings is 1. The fourth-order valence-electron chi connectivity index (χ4n) is 2.41. The number of ether oxygens (including phenoxy) is 1. The highest BCUT2D eigenvalue weighted by Gasteiger charge is 2.21. The van der Waals surface area contributed by atoms with E-state index < -0.39 is 5.97 Å². The summed E-state index contributed by atoms with van der Waals surface area (Å²) < 4.78 is 10.5. The van der Waals surface area contributed by atoms with Gasteiger partial charge in [0.25, 0.3) is 0 Å². The molecule has 26 heavy (non-hydrogen) atoms. The van der Waals surface area contributed by atoms with E-state index >= 15 is 0 Å². The molecule has 0 saturated carbocycles. The Balaban J connectivity index is 1.97. The lowest BCUT2D eigenvalue weighted by atomic mass is 10.1. The van der Waals surface area contributed by atoms with E-state index in [4.69, 9.17) is 9.15 Å².